The summed E-state index contributed by atoms with van der Waals surface area (Å²) in [5.41, 5.74) is 2.46. The van der Waals surface area contributed by atoms with Gasteiger partial charge in [0.05, 0.1) is 5.92 Å². The molecule has 2 aromatic rings. The molecule has 2 amide bonds. The molecule has 0 bridgehead atoms. The third-order valence-electron chi connectivity index (χ3n) is 6.12. The predicted octanol–water partition coefficient (Wildman–Crippen LogP) is 4.28. The largest absolute Gasteiger partial charge is 0.342 e. The molecule has 0 N–H and O–H groups in total. The molecular weight excluding hydrogens is 428 g/mol. The Balaban J connectivity index is 1.28. The van der Waals surface area contributed by atoms with Crippen molar-refractivity contribution in [3.8, 4) is 0 Å². The first-order valence-corrected chi connectivity index (χ1v) is 11.2. The topological polar surface area (TPSA) is 40.6 Å². The average Bonchev–Trinajstić information content (AvgIpc) is 3.09. The molecule has 0 aliphatic carbocycles. The van der Waals surface area contributed by atoms with E-state index in [1.54, 1.807) is 0 Å². The van der Waals surface area contributed by atoms with Crippen molar-refractivity contribution in [1.82, 2.24) is 9.80 Å². The maximum atomic E-state index is 13.0. The molecule has 29 heavy (non-hydrogen) atoms. The van der Waals surface area contributed by atoms with Crippen LogP contribution in [0.15, 0.2) is 59.1 Å². The molecule has 0 spiro atoms. The Labute approximate surface area is 181 Å². The van der Waals surface area contributed by atoms with Crippen molar-refractivity contribution in [3.05, 3.63) is 70.2 Å². The van der Waals surface area contributed by atoms with Gasteiger partial charge in [0.15, 0.2) is 0 Å². The van der Waals surface area contributed by atoms with E-state index in [0.29, 0.717) is 25.4 Å². The Morgan fingerprint density at radius 2 is 1.72 bits per heavy atom. The summed E-state index contributed by atoms with van der Waals surface area (Å²) in [5.74, 6) is 0.690. The second kappa shape index (κ2) is 9.12. The Morgan fingerprint density at radius 1 is 1.00 bits per heavy atom. The summed E-state index contributed by atoms with van der Waals surface area (Å²) < 4.78 is 1.01. The zero-order valence-electron chi connectivity index (χ0n) is 16.6. The molecule has 0 saturated carbocycles. The molecule has 2 fully saturated rings. The van der Waals surface area contributed by atoms with E-state index in [-0.39, 0.29) is 17.7 Å². The van der Waals surface area contributed by atoms with E-state index in [1.165, 1.54) is 5.56 Å². The monoisotopic (exact) mass is 454 g/mol. The minimum absolute atomic E-state index is 0.0855. The fraction of sp³-hybridized carbons (Fsp3) is 0.417. The van der Waals surface area contributed by atoms with Gasteiger partial charge in [0.1, 0.15) is 0 Å². The van der Waals surface area contributed by atoms with E-state index >= 15 is 0 Å². The van der Waals surface area contributed by atoms with Gasteiger partial charge in [-0.15, -0.1) is 0 Å². The number of amides is 2. The quantitative estimate of drug-likeness (QED) is 0.676. The zero-order valence-corrected chi connectivity index (χ0v) is 18.2. The molecule has 5 heteroatoms. The summed E-state index contributed by atoms with van der Waals surface area (Å²) >= 11 is 3.48. The minimum atomic E-state index is -0.194. The summed E-state index contributed by atoms with van der Waals surface area (Å²) in [6.07, 6.45) is 3.52. The number of carbonyl (C=O) groups excluding carboxylic acids is 2. The number of halogens is 1. The number of benzene rings is 2. The molecule has 1 atom stereocenters. The number of hydrogen-bond acceptors (Lipinski definition) is 2. The highest BCUT2D eigenvalue weighted by atomic mass is 79.9. The number of carbonyl (C=O) groups is 2. The number of nitrogens with zero attached hydrogens (tertiary/aromatic N) is 2. The summed E-state index contributed by atoms with van der Waals surface area (Å²) in [5, 5.41) is 0. The van der Waals surface area contributed by atoms with E-state index in [0.717, 1.165) is 42.4 Å². The molecule has 2 heterocycles. The van der Waals surface area contributed by atoms with E-state index in [4.69, 9.17) is 0 Å². The van der Waals surface area contributed by atoms with Crippen LogP contribution in [0.3, 0.4) is 0 Å². The smallest absolute Gasteiger partial charge is 0.227 e. The normalized spacial score (nSPS) is 20.3. The van der Waals surface area contributed by atoms with Crippen LogP contribution in [0.25, 0.3) is 0 Å². The Kier molecular flexibility index (Phi) is 6.34. The van der Waals surface area contributed by atoms with Gasteiger partial charge in [-0.3, -0.25) is 9.59 Å². The van der Waals surface area contributed by atoms with Gasteiger partial charge < -0.3 is 9.80 Å². The lowest BCUT2D eigenvalue weighted by molar-refractivity contribution is -0.137. The van der Waals surface area contributed by atoms with Crippen LogP contribution in [-0.4, -0.2) is 41.2 Å². The molecule has 152 valence electrons. The van der Waals surface area contributed by atoms with Crippen LogP contribution >= 0.6 is 15.9 Å². The van der Waals surface area contributed by atoms with E-state index in [2.05, 4.69) is 40.2 Å². The molecule has 0 aromatic heterocycles. The molecule has 2 aliphatic heterocycles. The second-order valence-corrected chi connectivity index (χ2v) is 9.18. The first kappa shape index (κ1) is 20.1. The molecular formula is C24H27BrN2O2. The average molecular weight is 455 g/mol. The summed E-state index contributed by atoms with van der Waals surface area (Å²) in [6.45, 7) is 2.73. The van der Waals surface area contributed by atoms with Gasteiger partial charge in [-0.25, -0.2) is 0 Å². The molecule has 2 saturated heterocycles. The van der Waals surface area contributed by atoms with Crippen molar-refractivity contribution in [2.75, 3.05) is 19.6 Å². The highest BCUT2D eigenvalue weighted by Crippen LogP contribution is 2.27. The van der Waals surface area contributed by atoms with Crippen molar-refractivity contribution in [1.29, 1.82) is 0 Å². The van der Waals surface area contributed by atoms with Crippen LogP contribution in [0, 0.1) is 11.8 Å². The van der Waals surface area contributed by atoms with Gasteiger partial charge in [0, 0.05) is 37.1 Å². The third-order valence-corrected chi connectivity index (χ3v) is 6.61. The number of rotatable bonds is 5. The molecule has 4 rings (SSSR count). The molecule has 4 nitrogen and oxygen atoms in total. The van der Waals surface area contributed by atoms with Crippen molar-refractivity contribution in [2.45, 2.75) is 32.2 Å². The van der Waals surface area contributed by atoms with Crippen molar-refractivity contribution in [2.24, 2.45) is 11.8 Å². The molecule has 2 aromatic carbocycles. The first-order chi connectivity index (χ1) is 14.1. The van der Waals surface area contributed by atoms with Gasteiger partial charge >= 0.3 is 0 Å². The second-order valence-electron chi connectivity index (χ2n) is 8.26. The van der Waals surface area contributed by atoms with Crippen LogP contribution in [0.2, 0.25) is 0 Å². The first-order valence-electron chi connectivity index (χ1n) is 10.4. The van der Waals surface area contributed by atoms with Crippen molar-refractivity contribution >= 4 is 27.7 Å². The van der Waals surface area contributed by atoms with Crippen LogP contribution in [0.4, 0.5) is 0 Å². The molecule has 0 unspecified atom stereocenters. The number of likely N-dealkylation sites (tertiary alicyclic amines) is 2. The van der Waals surface area contributed by atoms with Crippen molar-refractivity contribution in [3.63, 3.8) is 0 Å². The maximum absolute atomic E-state index is 13.0. The lowest BCUT2D eigenvalue weighted by Crippen LogP contribution is -2.42. The standard InChI is InChI=1S/C24H27BrN2O2/c25-22-8-4-7-20(14-22)16-27-17-21(15-23(27)28)24(29)26-11-9-19(10-12-26)13-18-5-2-1-3-6-18/h1-8,14,19,21H,9-13,15-17H2/t21-/m1/s1. The van der Waals surface area contributed by atoms with Crippen LogP contribution in [0.5, 0.6) is 0 Å². The lowest BCUT2D eigenvalue weighted by Gasteiger charge is -2.33. The van der Waals surface area contributed by atoms with Crippen LogP contribution in [-0.2, 0) is 22.6 Å². The Morgan fingerprint density at radius 3 is 2.45 bits per heavy atom. The van der Waals surface area contributed by atoms with E-state index in [1.807, 2.05) is 40.1 Å². The van der Waals surface area contributed by atoms with Gasteiger partial charge in [0.25, 0.3) is 0 Å². The van der Waals surface area contributed by atoms with E-state index < -0.39 is 0 Å². The molecule has 0 radical (unpaired) electrons. The SMILES string of the molecule is O=C1C[C@@H](C(=O)N2CCC(Cc3ccccc3)CC2)CN1Cc1cccc(Br)c1. The molecule has 2 aliphatic rings. The Bertz CT molecular complexity index is 862. The van der Waals surface area contributed by atoms with Gasteiger partial charge in [0.2, 0.25) is 11.8 Å². The third kappa shape index (κ3) is 5.08. The number of hydrogen-bond donors (Lipinski definition) is 0. The lowest BCUT2D eigenvalue weighted by atomic mass is 9.89. The number of piperidine rings is 1. The zero-order chi connectivity index (χ0) is 20.2. The van der Waals surface area contributed by atoms with Gasteiger partial charge in [-0.1, -0.05) is 58.4 Å². The van der Waals surface area contributed by atoms with Gasteiger partial charge in [-0.05, 0) is 48.4 Å². The predicted molar refractivity (Wildman–Crippen MR) is 117 cm³/mol. The van der Waals surface area contributed by atoms with Crippen LogP contribution in [0.1, 0.15) is 30.4 Å². The highest BCUT2D eigenvalue weighted by molar-refractivity contribution is 9.10. The maximum Gasteiger partial charge on any atom is 0.227 e. The van der Waals surface area contributed by atoms with E-state index in [9.17, 15) is 9.59 Å². The minimum Gasteiger partial charge on any atom is -0.342 e. The fourth-order valence-corrected chi connectivity index (χ4v) is 4.96. The summed E-state index contributed by atoms with van der Waals surface area (Å²) in [7, 11) is 0. The highest BCUT2D eigenvalue weighted by Gasteiger charge is 2.37. The van der Waals surface area contributed by atoms with Crippen molar-refractivity contribution < 1.29 is 9.59 Å². The van der Waals surface area contributed by atoms with Crippen LogP contribution < -0.4 is 0 Å². The summed E-state index contributed by atoms with van der Waals surface area (Å²) in [4.78, 5) is 29.3. The van der Waals surface area contributed by atoms with Gasteiger partial charge in [-0.2, -0.15) is 0 Å². The Hall–Kier alpha value is -2.14. The summed E-state index contributed by atoms with van der Waals surface area (Å²) in [6, 6.07) is 18.6. The fourth-order valence-electron chi connectivity index (χ4n) is 4.51.